The molecule has 4 N–H and O–H groups in total. The molecule has 0 radical (unpaired) electrons. The van der Waals surface area contributed by atoms with Gasteiger partial charge in [-0.1, -0.05) is 31.2 Å². The molecule has 1 aliphatic rings. The summed E-state index contributed by atoms with van der Waals surface area (Å²) in [6, 6.07) is 10.2. The molecule has 0 amide bonds. The summed E-state index contributed by atoms with van der Waals surface area (Å²) in [7, 11) is 0. The Morgan fingerprint density at radius 1 is 1.35 bits per heavy atom. The largest absolute Gasteiger partial charge is 0.593 e. The van der Waals surface area contributed by atoms with E-state index in [4.69, 9.17) is 10.5 Å². The normalized spacial score (nSPS) is 17.7. The number of hydrogen-bond donors (Lipinski definition) is 3. The number of aryl methyl sites for hydroxylation is 2. The van der Waals surface area contributed by atoms with E-state index in [1.165, 1.54) is 12.1 Å². The average Bonchev–Trinajstić information content (AvgIpc) is 2.99. The second-order valence-corrected chi connectivity index (χ2v) is 11.5. The number of halogens is 1. The van der Waals surface area contributed by atoms with Gasteiger partial charge in [-0.3, -0.25) is 4.79 Å². The van der Waals surface area contributed by atoms with E-state index in [9.17, 15) is 18.8 Å². The SMILES string of the molecule is CCCN/C=C(\N)COC(c1ccc(C)c(CN2CCCc3ccc(F)cc3[S+]2[O-])c1)C(C)(C)C(=O)O. The van der Waals surface area contributed by atoms with Gasteiger partial charge in [0.15, 0.2) is 4.90 Å². The lowest BCUT2D eigenvalue weighted by Gasteiger charge is -2.32. The third-order valence-electron chi connectivity index (χ3n) is 6.63. The van der Waals surface area contributed by atoms with Crippen LogP contribution in [-0.2, 0) is 33.9 Å². The second-order valence-electron chi connectivity index (χ2n) is 10.0. The zero-order chi connectivity index (χ0) is 27.2. The molecule has 0 saturated carbocycles. The van der Waals surface area contributed by atoms with E-state index in [1.54, 1.807) is 26.1 Å². The van der Waals surface area contributed by atoms with Crippen molar-refractivity contribution in [2.75, 3.05) is 19.7 Å². The van der Waals surface area contributed by atoms with Crippen LogP contribution >= 0.6 is 0 Å². The number of fused-ring (bicyclic) bond motifs is 1. The molecule has 0 spiro atoms. The summed E-state index contributed by atoms with van der Waals surface area (Å²) in [5.74, 6) is -1.39. The van der Waals surface area contributed by atoms with Crippen molar-refractivity contribution in [2.24, 2.45) is 11.1 Å². The zero-order valence-corrected chi connectivity index (χ0v) is 22.9. The molecule has 3 rings (SSSR count). The van der Waals surface area contributed by atoms with Gasteiger partial charge < -0.3 is 25.4 Å². The predicted octanol–water partition coefficient (Wildman–Crippen LogP) is 4.57. The maximum Gasteiger partial charge on any atom is 0.312 e. The number of ether oxygens (including phenoxy) is 1. The van der Waals surface area contributed by atoms with Crippen molar-refractivity contribution in [1.29, 1.82) is 0 Å². The molecule has 2 aromatic rings. The summed E-state index contributed by atoms with van der Waals surface area (Å²) in [5, 5.41) is 13.1. The fourth-order valence-electron chi connectivity index (χ4n) is 4.32. The lowest BCUT2D eigenvalue weighted by molar-refractivity contribution is -0.156. The van der Waals surface area contributed by atoms with Gasteiger partial charge in [-0.05, 0) is 62.8 Å². The number of carboxylic acids is 1. The van der Waals surface area contributed by atoms with Crippen LogP contribution in [0.2, 0.25) is 0 Å². The van der Waals surface area contributed by atoms with Crippen LogP contribution in [0.3, 0.4) is 0 Å². The van der Waals surface area contributed by atoms with Crippen LogP contribution in [0.25, 0.3) is 0 Å². The summed E-state index contributed by atoms with van der Waals surface area (Å²) in [5.41, 5.74) is 8.82. The van der Waals surface area contributed by atoms with Crippen molar-refractivity contribution in [2.45, 2.75) is 64.5 Å². The van der Waals surface area contributed by atoms with Gasteiger partial charge in [0.05, 0.1) is 41.7 Å². The lowest BCUT2D eigenvalue weighted by atomic mass is 9.81. The number of benzene rings is 2. The van der Waals surface area contributed by atoms with Crippen molar-refractivity contribution in [1.82, 2.24) is 9.62 Å². The molecule has 7 nitrogen and oxygen atoms in total. The molecule has 0 aliphatic carbocycles. The first-order valence-corrected chi connectivity index (χ1v) is 13.7. The smallest absolute Gasteiger partial charge is 0.312 e. The number of rotatable bonds is 11. The molecule has 2 atom stereocenters. The molecule has 0 fully saturated rings. The highest BCUT2D eigenvalue weighted by atomic mass is 32.2. The number of carbonyl (C=O) groups is 1. The Morgan fingerprint density at radius 2 is 2.11 bits per heavy atom. The molecule has 0 saturated heterocycles. The van der Waals surface area contributed by atoms with Crippen LogP contribution in [0.15, 0.2) is 53.2 Å². The quantitative estimate of drug-likeness (QED) is 0.288. The third kappa shape index (κ3) is 7.25. The van der Waals surface area contributed by atoms with Gasteiger partial charge in [0, 0.05) is 30.9 Å². The zero-order valence-electron chi connectivity index (χ0n) is 22.1. The van der Waals surface area contributed by atoms with Gasteiger partial charge in [-0.15, -0.1) is 4.31 Å². The standard InChI is InChI=1S/C28H38FN3O4S/c1-5-12-31-16-24(30)18-36-26(28(3,4)27(33)34)21-9-8-19(2)22(14-21)17-32-13-6-7-20-10-11-23(29)15-25(20)37(32)35/h8-11,14-16,26,31H,5-7,12-13,17-18,30H2,1-4H3,(H,33,34)/b24-16-. The average molecular weight is 532 g/mol. The molecular weight excluding hydrogens is 493 g/mol. The summed E-state index contributed by atoms with van der Waals surface area (Å²) < 4.78 is 35.3. The number of aliphatic carboxylic acids is 1. The number of nitrogens with zero attached hydrogens (tertiary/aromatic N) is 1. The molecule has 37 heavy (non-hydrogen) atoms. The van der Waals surface area contributed by atoms with Crippen LogP contribution in [-0.4, -0.2) is 39.6 Å². The predicted molar refractivity (Wildman–Crippen MR) is 143 cm³/mol. The van der Waals surface area contributed by atoms with E-state index in [0.29, 0.717) is 29.2 Å². The van der Waals surface area contributed by atoms with Crippen LogP contribution < -0.4 is 11.1 Å². The molecule has 0 bridgehead atoms. The maximum atomic E-state index is 13.9. The lowest BCUT2D eigenvalue weighted by Crippen LogP contribution is -2.34. The summed E-state index contributed by atoms with van der Waals surface area (Å²) in [6.45, 7) is 9.09. The van der Waals surface area contributed by atoms with Crippen molar-refractivity contribution in [3.63, 3.8) is 0 Å². The highest BCUT2D eigenvalue weighted by Gasteiger charge is 2.39. The van der Waals surface area contributed by atoms with Crippen molar-refractivity contribution in [3.05, 3.63) is 76.4 Å². The van der Waals surface area contributed by atoms with E-state index < -0.39 is 34.7 Å². The highest BCUT2D eigenvalue weighted by molar-refractivity contribution is 7.89. The number of nitrogens with two attached hydrogens (primary N) is 1. The minimum absolute atomic E-state index is 0.0692. The van der Waals surface area contributed by atoms with Crippen LogP contribution in [0, 0.1) is 18.2 Å². The van der Waals surface area contributed by atoms with E-state index in [2.05, 4.69) is 5.32 Å². The summed E-state index contributed by atoms with van der Waals surface area (Å²) in [4.78, 5) is 12.7. The van der Waals surface area contributed by atoms with Gasteiger partial charge in [0.1, 0.15) is 5.82 Å². The fourth-order valence-corrected chi connectivity index (χ4v) is 5.76. The van der Waals surface area contributed by atoms with Gasteiger partial charge in [-0.2, -0.15) is 0 Å². The van der Waals surface area contributed by atoms with Crippen LogP contribution in [0.1, 0.15) is 62.0 Å². The molecule has 1 aliphatic heterocycles. The Bertz CT molecular complexity index is 1120. The number of carboxylic acid groups (broad SMARTS) is 1. The topological polar surface area (TPSA) is 111 Å². The van der Waals surface area contributed by atoms with E-state index in [0.717, 1.165) is 42.5 Å². The second kappa shape index (κ2) is 12.8. The Kier molecular flexibility index (Phi) is 10.0. The molecule has 2 unspecified atom stereocenters. The summed E-state index contributed by atoms with van der Waals surface area (Å²) >= 11 is -1.51. The van der Waals surface area contributed by atoms with Crippen molar-refractivity contribution >= 4 is 17.3 Å². The third-order valence-corrected chi connectivity index (χ3v) is 8.17. The maximum absolute atomic E-state index is 13.9. The molecule has 0 aromatic heterocycles. The molecule has 202 valence electrons. The first kappa shape index (κ1) is 29.0. The fraction of sp³-hybridized carbons (Fsp3) is 0.464. The molecule has 2 aromatic carbocycles. The van der Waals surface area contributed by atoms with Gasteiger partial charge in [0.25, 0.3) is 0 Å². The Balaban J connectivity index is 1.88. The van der Waals surface area contributed by atoms with E-state index >= 15 is 0 Å². The van der Waals surface area contributed by atoms with Crippen molar-refractivity contribution < 1.29 is 23.6 Å². The molecule has 9 heteroatoms. The molecular formula is C28H38FN3O4S. The monoisotopic (exact) mass is 531 g/mol. The van der Waals surface area contributed by atoms with Gasteiger partial charge in [0.2, 0.25) is 0 Å². The number of hydrogen-bond acceptors (Lipinski definition) is 6. The van der Waals surface area contributed by atoms with Crippen molar-refractivity contribution in [3.8, 4) is 0 Å². The van der Waals surface area contributed by atoms with Gasteiger partial charge in [-0.25, -0.2) is 4.39 Å². The Morgan fingerprint density at radius 3 is 2.81 bits per heavy atom. The minimum atomic E-state index is -1.51. The first-order chi connectivity index (χ1) is 17.5. The van der Waals surface area contributed by atoms with Gasteiger partial charge >= 0.3 is 5.97 Å². The Labute approximate surface area is 222 Å². The number of nitrogens with one attached hydrogen (secondary N) is 1. The first-order valence-electron chi connectivity index (χ1n) is 12.6. The van der Waals surface area contributed by atoms with Crippen LogP contribution in [0.4, 0.5) is 4.39 Å². The van der Waals surface area contributed by atoms with E-state index in [1.807, 2.05) is 36.4 Å². The highest BCUT2D eigenvalue weighted by Crippen LogP contribution is 2.38. The van der Waals surface area contributed by atoms with E-state index in [-0.39, 0.29) is 6.61 Å². The summed E-state index contributed by atoms with van der Waals surface area (Å²) in [6.07, 6.45) is 3.41. The molecule has 1 heterocycles. The Hall–Kier alpha value is -2.59. The van der Waals surface area contributed by atoms with Crippen LogP contribution in [0.5, 0.6) is 0 Å². The minimum Gasteiger partial charge on any atom is -0.593 e.